The first-order chi connectivity index (χ1) is 13.1. The van der Waals surface area contributed by atoms with Gasteiger partial charge in [-0.3, -0.25) is 20.2 Å². The van der Waals surface area contributed by atoms with E-state index in [0.717, 1.165) is 17.2 Å². The van der Waals surface area contributed by atoms with E-state index in [9.17, 15) is 20.2 Å². The van der Waals surface area contributed by atoms with Gasteiger partial charge in [-0.2, -0.15) is 0 Å². The lowest BCUT2D eigenvalue weighted by molar-refractivity contribution is -0.769. The number of hydrogen-bond donors (Lipinski definition) is 2. The Kier molecular flexibility index (Phi) is 4.42. The maximum Gasteiger partial charge on any atom is 0.519 e. The fourth-order valence-electron chi connectivity index (χ4n) is 3.51. The molecule has 2 aromatic carbocycles. The van der Waals surface area contributed by atoms with Gasteiger partial charge in [-0.05, 0) is 22.3 Å². The van der Waals surface area contributed by atoms with Gasteiger partial charge in [-0.25, -0.2) is 0 Å². The van der Waals surface area contributed by atoms with Gasteiger partial charge in [0.15, 0.2) is 5.70 Å². The highest BCUT2D eigenvalue weighted by Crippen LogP contribution is 2.48. The first-order valence-electron chi connectivity index (χ1n) is 8.57. The summed E-state index contributed by atoms with van der Waals surface area (Å²) in [6.45, 7) is 3.49. The van der Waals surface area contributed by atoms with E-state index in [-0.39, 0.29) is 5.70 Å². The molecule has 8 nitrogen and oxygen atoms in total. The molecule has 0 radical (unpaired) electrons. The minimum Gasteiger partial charge on any atom is -0.399 e. The van der Waals surface area contributed by atoms with E-state index in [4.69, 9.17) is 11.5 Å². The van der Waals surface area contributed by atoms with Crippen molar-refractivity contribution in [2.75, 3.05) is 0 Å². The molecule has 0 bridgehead atoms. The van der Waals surface area contributed by atoms with E-state index in [1.54, 1.807) is 26.0 Å². The minimum atomic E-state index is -2.81. The van der Waals surface area contributed by atoms with Gasteiger partial charge >= 0.3 is 5.66 Å². The lowest BCUT2D eigenvalue weighted by Crippen LogP contribution is -2.54. The number of benzene rings is 2. The number of nitrogens with two attached hydrogens (primary N) is 2. The molecule has 3 rings (SSSR count). The van der Waals surface area contributed by atoms with Crippen molar-refractivity contribution in [1.29, 1.82) is 0 Å². The summed E-state index contributed by atoms with van der Waals surface area (Å²) in [5.74, 6) is 0. The molecule has 8 heteroatoms. The van der Waals surface area contributed by atoms with E-state index >= 15 is 0 Å². The lowest BCUT2D eigenvalue weighted by Gasteiger charge is -2.35. The molecule has 1 aliphatic carbocycles. The molecule has 1 aliphatic rings. The summed E-state index contributed by atoms with van der Waals surface area (Å²) < 4.78 is 0. The van der Waals surface area contributed by atoms with Crippen molar-refractivity contribution in [3.05, 3.63) is 97.9 Å². The Bertz CT molecular complexity index is 1010. The maximum absolute atomic E-state index is 11.8. The van der Waals surface area contributed by atoms with Crippen LogP contribution in [0.15, 0.2) is 72.1 Å². The van der Waals surface area contributed by atoms with Crippen LogP contribution in [0.1, 0.15) is 19.4 Å². The summed E-state index contributed by atoms with van der Waals surface area (Å²) in [6.07, 6.45) is 1.03. The molecule has 0 unspecified atom stereocenters. The quantitative estimate of drug-likeness (QED) is 0.474. The van der Waals surface area contributed by atoms with Crippen molar-refractivity contribution in [3.8, 4) is 11.1 Å². The highest BCUT2D eigenvalue weighted by molar-refractivity contribution is 5.86. The zero-order chi connectivity index (χ0) is 20.7. The Balaban J connectivity index is 2.36. The van der Waals surface area contributed by atoms with Gasteiger partial charge < -0.3 is 11.5 Å². The molecule has 0 heterocycles. The van der Waals surface area contributed by atoms with Crippen LogP contribution in [0.25, 0.3) is 16.7 Å². The third-order valence-electron chi connectivity index (χ3n) is 5.24. The summed E-state index contributed by atoms with van der Waals surface area (Å²) in [6, 6.07) is 16.7. The summed E-state index contributed by atoms with van der Waals surface area (Å²) >= 11 is 0. The van der Waals surface area contributed by atoms with Gasteiger partial charge in [-0.15, -0.1) is 0 Å². The van der Waals surface area contributed by atoms with Crippen LogP contribution >= 0.6 is 0 Å². The van der Waals surface area contributed by atoms with Gasteiger partial charge in [-0.1, -0.05) is 68.4 Å². The van der Waals surface area contributed by atoms with Gasteiger partial charge in [0.2, 0.25) is 0 Å². The SMILES string of the molecule is CC1(C)C(c2ccccc2-c2ccccc2)=CC([N+](=O)[O-])([N+](=O)[O-])C(N)=C1N. The Labute approximate surface area is 161 Å². The highest BCUT2D eigenvalue weighted by atomic mass is 16.7. The van der Waals surface area contributed by atoms with Crippen molar-refractivity contribution in [1.82, 2.24) is 0 Å². The second-order valence-electron chi connectivity index (χ2n) is 7.16. The van der Waals surface area contributed by atoms with Gasteiger partial charge in [0.25, 0.3) is 0 Å². The molecule has 0 saturated carbocycles. The summed E-state index contributed by atoms with van der Waals surface area (Å²) in [7, 11) is 0. The second kappa shape index (κ2) is 6.49. The normalized spacial score (nSPS) is 17.7. The van der Waals surface area contributed by atoms with E-state index in [2.05, 4.69) is 0 Å². The predicted octanol–water partition coefficient (Wildman–Crippen LogP) is 3.16. The molecule has 0 amide bonds. The van der Waals surface area contributed by atoms with Crippen LogP contribution in [-0.2, 0) is 0 Å². The molecule has 0 saturated heterocycles. The average Bonchev–Trinajstić information content (AvgIpc) is 2.67. The van der Waals surface area contributed by atoms with E-state index in [0.29, 0.717) is 11.1 Å². The first kappa shape index (κ1) is 19.1. The molecular weight excluding hydrogens is 360 g/mol. The molecular formula is C20H20N4O4. The number of nitrogens with zero attached hydrogens (tertiary/aromatic N) is 2. The third-order valence-corrected chi connectivity index (χ3v) is 5.24. The van der Waals surface area contributed by atoms with Crippen molar-refractivity contribution >= 4 is 5.57 Å². The second-order valence-corrected chi connectivity index (χ2v) is 7.16. The monoisotopic (exact) mass is 380 g/mol. The molecule has 144 valence electrons. The molecule has 2 aromatic rings. The van der Waals surface area contributed by atoms with E-state index < -0.39 is 26.6 Å². The van der Waals surface area contributed by atoms with Crippen molar-refractivity contribution in [3.63, 3.8) is 0 Å². The largest absolute Gasteiger partial charge is 0.519 e. The van der Waals surface area contributed by atoms with Crippen LogP contribution in [0, 0.1) is 25.6 Å². The fraction of sp³-hybridized carbons (Fsp3) is 0.200. The molecule has 28 heavy (non-hydrogen) atoms. The molecule has 0 aromatic heterocycles. The third kappa shape index (κ3) is 2.61. The van der Waals surface area contributed by atoms with Crippen LogP contribution in [0.3, 0.4) is 0 Å². The Morgan fingerprint density at radius 2 is 1.29 bits per heavy atom. The lowest BCUT2D eigenvalue weighted by atomic mass is 9.70. The molecule has 4 N–H and O–H groups in total. The van der Waals surface area contributed by atoms with Crippen molar-refractivity contribution in [2.24, 2.45) is 16.9 Å². The number of allylic oxidation sites excluding steroid dienone is 1. The van der Waals surface area contributed by atoms with Gasteiger partial charge in [0.1, 0.15) is 9.85 Å². The number of nitro groups is 2. The number of hydrogen-bond acceptors (Lipinski definition) is 6. The smallest absolute Gasteiger partial charge is 0.399 e. The molecule has 0 fully saturated rings. The van der Waals surface area contributed by atoms with E-state index in [1.807, 2.05) is 42.5 Å². The highest BCUT2D eigenvalue weighted by Gasteiger charge is 2.63. The molecule has 0 spiro atoms. The zero-order valence-electron chi connectivity index (χ0n) is 15.5. The predicted molar refractivity (Wildman–Crippen MR) is 106 cm³/mol. The number of rotatable bonds is 4. The van der Waals surface area contributed by atoms with Crippen LogP contribution in [0.5, 0.6) is 0 Å². The van der Waals surface area contributed by atoms with Crippen LogP contribution in [0.2, 0.25) is 0 Å². The summed E-state index contributed by atoms with van der Waals surface area (Å²) in [4.78, 5) is 21.5. The van der Waals surface area contributed by atoms with Gasteiger partial charge in [0, 0.05) is 5.41 Å². The van der Waals surface area contributed by atoms with Gasteiger partial charge in [0.05, 0.1) is 11.8 Å². The van der Waals surface area contributed by atoms with Crippen molar-refractivity contribution < 1.29 is 9.85 Å². The van der Waals surface area contributed by atoms with Crippen molar-refractivity contribution in [2.45, 2.75) is 19.5 Å². The first-order valence-corrected chi connectivity index (χ1v) is 8.57. The Morgan fingerprint density at radius 1 is 0.786 bits per heavy atom. The van der Waals surface area contributed by atoms with Crippen LogP contribution in [-0.4, -0.2) is 15.5 Å². The molecule has 0 aliphatic heterocycles. The zero-order valence-corrected chi connectivity index (χ0v) is 15.5. The topological polar surface area (TPSA) is 138 Å². The Hall–Kier alpha value is -3.68. The molecule has 0 atom stereocenters. The average molecular weight is 380 g/mol. The van der Waals surface area contributed by atoms with Crippen LogP contribution < -0.4 is 11.5 Å². The summed E-state index contributed by atoms with van der Waals surface area (Å²) in [5, 5.41) is 23.5. The van der Waals surface area contributed by atoms with E-state index in [1.165, 1.54) is 0 Å². The Morgan fingerprint density at radius 3 is 1.82 bits per heavy atom. The minimum absolute atomic E-state index is 0.0822. The standard InChI is InChI=1S/C20H20N4O4/c1-19(2)16(12-20(23(25)26,24(27)28)18(22)17(19)21)15-11-7-6-10-14(15)13-8-4-3-5-9-13/h3-12H,21-22H2,1-2H3. The maximum atomic E-state index is 11.8. The summed E-state index contributed by atoms with van der Waals surface area (Å²) in [5.41, 5.74) is 10.3. The fourth-order valence-corrected chi connectivity index (χ4v) is 3.51. The van der Waals surface area contributed by atoms with Crippen LogP contribution in [0.4, 0.5) is 0 Å².